The number of amides is 1. The second kappa shape index (κ2) is 8.24. The summed E-state index contributed by atoms with van der Waals surface area (Å²) in [6, 6.07) is -0.0314. The Kier molecular flexibility index (Phi) is 7.78. The van der Waals surface area contributed by atoms with Gasteiger partial charge in [-0.25, -0.2) is 8.42 Å². The first-order valence-electron chi connectivity index (χ1n) is 6.80. The highest BCUT2D eigenvalue weighted by Gasteiger charge is 2.34. The number of ether oxygens (including phenoxy) is 1. The Labute approximate surface area is 121 Å². The molecule has 2 atom stereocenters. The first-order valence-corrected chi connectivity index (χ1v) is 8.41. The number of carbonyl (C=O) groups is 2. The Bertz CT molecular complexity index is 428. The molecule has 118 valence electrons. The SMILES string of the molecule is CCC(CC)NC(=O)C(C)S(=O)(=O)C(C)CC(=O)OC. The molecule has 0 radical (unpaired) electrons. The maximum atomic E-state index is 12.2. The fraction of sp³-hybridized carbons (Fsp3) is 0.846. The zero-order valence-electron chi connectivity index (χ0n) is 12.8. The Hall–Kier alpha value is -1.11. The lowest BCUT2D eigenvalue weighted by Crippen LogP contribution is -2.45. The largest absolute Gasteiger partial charge is 0.469 e. The average Bonchev–Trinajstić information content (AvgIpc) is 2.42. The van der Waals surface area contributed by atoms with Crippen LogP contribution >= 0.6 is 0 Å². The van der Waals surface area contributed by atoms with Gasteiger partial charge in [-0.15, -0.1) is 0 Å². The average molecular weight is 307 g/mol. The van der Waals surface area contributed by atoms with Crippen LogP contribution in [0.5, 0.6) is 0 Å². The van der Waals surface area contributed by atoms with Crippen molar-refractivity contribution in [3.8, 4) is 0 Å². The number of esters is 1. The molecule has 6 nitrogen and oxygen atoms in total. The number of sulfone groups is 1. The number of hydrogen-bond acceptors (Lipinski definition) is 5. The smallest absolute Gasteiger partial charge is 0.306 e. The monoisotopic (exact) mass is 307 g/mol. The van der Waals surface area contributed by atoms with E-state index in [4.69, 9.17) is 0 Å². The van der Waals surface area contributed by atoms with Gasteiger partial charge in [0.25, 0.3) is 0 Å². The molecule has 0 bridgehead atoms. The zero-order valence-corrected chi connectivity index (χ0v) is 13.6. The number of rotatable bonds is 8. The van der Waals surface area contributed by atoms with Gasteiger partial charge in [-0.2, -0.15) is 0 Å². The fourth-order valence-corrected chi connectivity index (χ4v) is 3.17. The van der Waals surface area contributed by atoms with Crippen molar-refractivity contribution in [1.29, 1.82) is 0 Å². The van der Waals surface area contributed by atoms with E-state index in [2.05, 4.69) is 10.1 Å². The topological polar surface area (TPSA) is 89.5 Å². The third-order valence-corrected chi connectivity index (χ3v) is 5.92. The summed E-state index contributed by atoms with van der Waals surface area (Å²) in [6.07, 6.45) is 1.24. The molecular weight excluding hydrogens is 282 g/mol. The lowest BCUT2D eigenvalue weighted by atomic mass is 10.2. The molecule has 7 heteroatoms. The van der Waals surface area contributed by atoms with Crippen LogP contribution in [0.2, 0.25) is 0 Å². The molecule has 0 fully saturated rings. The molecule has 0 aliphatic rings. The number of carbonyl (C=O) groups excluding carboxylic acids is 2. The maximum Gasteiger partial charge on any atom is 0.306 e. The highest BCUT2D eigenvalue weighted by molar-refractivity contribution is 7.93. The minimum absolute atomic E-state index is 0.0314. The molecule has 0 saturated carbocycles. The summed E-state index contributed by atoms with van der Waals surface area (Å²) in [4.78, 5) is 23.1. The normalized spacial score (nSPS) is 14.7. The molecule has 0 aromatic heterocycles. The molecule has 0 aromatic rings. The molecule has 0 aromatic carbocycles. The lowest BCUT2D eigenvalue weighted by Gasteiger charge is -2.21. The highest BCUT2D eigenvalue weighted by Crippen LogP contribution is 2.14. The second-order valence-corrected chi connectivity index (χ2v) is 7.53. The van der Waals surface area contributed by atoms with Crippen molar-refractivity contribution in [1.82, 2.24) is 5.32 Å². The van der Waals surface area contributed by atoms with Crippen LogP contribution in [0.4, 0.5) is 0 Å². The van der Waals surface area contributed by atoms with Crippen molar-refractivity contribution >= 4 is 21.7 Å². The van der Waals surface area contributed by atoms with Crippen molar-refractivity contribution in [2.75, 3.05) is 7.11 Å². The van der Waals surface area contributed by atoms with E-state index in [1.807, 2.05) is 13.8 Å². The summed E-state index contributed by atoms with van der Waals surface area (Å²) < 4.78 is 28.9. The summed E-state index contributed by atoms with van der Waals surface area (Å²) in [5, 5.41) is 0.585. The Morgan fingerprint density at radius 1 is 1.15 bits per heavy atom. The van der Waals surface area contributed by atoms with Gasteiger partial charge < -0.3 is 10.1 Å². The van der Waals surface area contributed by atoms with E-state index in [9.17, 15) is 18.0 Å². The summed E-state index contributed by atoms with van der Waals surface area (Å²) in [7, 11) is -2.52. The van der Waals surface area contributed by atoms with Crippen LogP contribution in [0.3, 0.4) is 0 Å². The maximum absolute atomic E-state index is 12.2. The van der Waals surface area contributed by atoms with Crippen molar-refractivity contribution in [3.05, 3.63) is 0 Å². The van der Waals surface area contributed by atoms with E-state index in [0.717, 1.165) is 12.8 Å². The zero-order chi connectivity index (χ0) is 15.9. The van der Waals surface area contributed by atoms with Gasteiger partial charge in [0.1, 0.15) is 5.25 Å². The quantitative estimate of drug-likeness (QED) is 0.677. The minimum Gasteiger partial charge on any atom is -0.469 e. The molecule has 0 aliphatic carbocycles. The first-order chi connectivity index (χ1) is 9.20. The van der Waals surface area contributed by atoms with Gasteiger partial charge >= 0.3 is 5.97 Å². The van der Waals surface area contributed by atoms with Crippen molar-refractivity contribution in [2.24, 2.45) is 0 Å². The number of hydrogen-bond donors (Lipinski definition) is 1. The van der Waals surface area contributed by atoms with E-state index in [-0.39, 0.29) is 12.5 Å². The summed E-state index contributed by atoms with van der Waals surface area (Å²) in [5.41, 5.74) is 0. The molecule has 1 N–H and O–H groups in total. The molecule has 0 spiro atoms. The Balaban J connectivity index is 4.84. The van der Waals surface area contributed by atoms with Crippen LogP contribution in [0.1, 0.15) is 47.0 Å². The predicted octanol–water partition coefficient (Wildman–Crippen LogP) is 1.05. The van der Waals surface area contributed by atoms with Crippen molar-refractivity contribution < 1.29 is 22.7 Å². The Morgan fingerprint density at radius 2 is 1.65 bits per heavy atom. The minimum atomic E-state index is -3.72. The third-order valence-electron chi connectivity index (χ3n) is 3.44. The van der Waals surface area contributed by atoms with E-state index in [0.29, 0.717) is 0 Å². The van der Waals surface area contributed by atoms with E-state index in [1.54, 1.807) is 0 Å². The summed E-state index contributed by atoms with van der Waals surface area (Å²) >= 11 is 0. The predicted molar refractivity (Wildman–Crippen MR) is 77.0 cm³/mol. The van der Waals surface area contributed by atoms with Gasteiger partial charge in [0.05, 0.1) is 18.8 Å². The number of methoxy groups -OCH3 is 1. The third kappa shape index (κ3) is 5.11. The summed E-state index contributed by atoms with van der Waals surface area (Å²) in [6.45, 7) is 6.61. The molecule has 0 heterocycles. The van der Waals surface area contributed by atoms with Gasteiger partial charge in [-0.05, 0) is 26.7 Å². The lowest BCUT2D eigenvalue weighted by molar-refractivity contribution is -0.140. The van der Waals surface area contributed by atoms with Crippen LogP contribution < -0.4 is 5.32 Å². The molecule has 2 unspecified atom stereocenters. The molecule has 0 aliphatic heterocycles. The van der Waals surface area contributed by atoms with Crippen LogP contribution in [0.15, 0.2) is 0 Å². The summed E-state index contributed by atoms with van der Waals surface area (Å²) in [5.74, 6) is -1.12. The molecule has 20 heavy (non-hydrogen) atoms. The van der Waals surface area contributed by atoms with Gasteiger partial charge in [-0.1, -0.05) is 13.8 Å². The van der Waals surface area contributed by atoms with Gasteiger partial charge in [0, 0.05) is 6.04 Å². The van der Waals surface area contributed by atoms with Crippen molar-refractivity contribution in [3.63, 3.8) is 0 Å². The van der Waals surface area contributed by atoms with Crippen LogP contribution in [0, 0.1) is 0 Å². The van der Waals surface area contributed by atoms with Gasteiger partial charge in [0.2, 0.25) is 5.91 Å². The van der Waals surface area contributed by atoms with Gasteiger partial charge in [0.15, 0.2) is 9.84 Å². The van der Waals surface area contributed by atoms with Crippen molar-refractivity contribution in [2.45, 2.75) is 63.5 Å². The molecule has 1 amide bonds. The van der Waals surface area contributed by atoms with Crippen LogP contribution in [0.25, 0.3) is 0 Å². The standard InChI is InChI=1S/C13H25NO5S/c1-6-11(7-2)14-13(16)10(4)20(17,18)9(3)8-12(15)19-5/h9-11H,6-8H2,1-5H3,(H,14,16). The Morgan fingerprint density at radius 3 is 2.05 bits per heavy atom. The van der Waals surface area contributed by atoms with Crippen LogP contribution in [-0.4, -0.2) is 43.9 Å². The second-order valence-electron chi connectivity index (χ2n) is 4.84. The van der Waals surface area contributed by atoms with E-state index in [1.165, 1.54) is 21.0 Å². The number of nitrogens with one attached hydrogen (secondary N) is 1. The fourth-order valence-electron chi connectivity index (χ4n) is 1.74. The first kappa shape index (κ1) is 18.9. The van der Waals surface area contributed by atoms with Crippen LogP contribution in [-0.2, 0) is 24.2 Å². The molecule has 0 rings (SSSR count). The molecule has 0 saturated heterocycles. The molecular formula is C13H25NO5S. The highest BCUT2D eigenvalue weighted by atomic mass is 32.2. The van der Waals surface area contributed by atoms with E-state index < -0.39 is 32.2 Å². The van der Waals surface area contributed by atoms with Gasteiger partial charge in [-0.3, -0.25) is 9.59 Å². The van der Waals surface area contributed by atoms with E-state index >= 15 is 0 Å².